The first-order chi connectivity index (χ1) is 13.1. The van der Waals surface area contributed by atoms with Gasteiger partial charge in [-0.25, -0.2) is 17.8 Å². The lowest BCUT2D eigenvalue weighted by Gasteiger charge is -2.10. The molecule has 2 N–H and O–H groups in total. The normalized spacial score (nSPS) is 11.6. The Balaban J connectivity index is 1.55. The molecule has 4 rings (SSSR count). The molecule has 0 aliphatic rings. The van der Waals surface area contributed by atoms with E-state index in [1.807, 2.05) is 54.6 Å². The molecule has 4 aromatic rings. The minimum Gasteiger partial charge on any atom is -0.321 e. The lowest BCUT2D eigenvalue weighted by molar-refractivity contribution is 0.589. The predicted molar refractivity (Wildman–Crippen MR) is 108 cm³/mol. The van der Waals surface area contributed by atoms with Gasteiger partial charge in [0, 0.05) is 23.8 Å². The SMILES string of the molecule is O=S(=O)(c1ccccc1)n1ccc2cc(CNNc3ccccc3)ccc21. The highest BCUT2D eigenvalue weighted by Gasteiger charge is 2.18. The summed E-state index contributed by atoms with van der Waals surface area (Å²) >= 11 is 0. The maximum absolute atomic E-state index is 12.9. The Bertz CT molecular complexity index is 1150. The molecule has 6 heteroatoms. The molecule has 27 heavy (non-hydrogen) atoms. The molecule has 3 aromatic carbocycles. The predicted octanol–water partition coefficient (Wildman–Crippen LogP) is 4.00. The van der Waals surface area contributed by atoms with Crippen molar-refractivity contribution in [2.45, 2.75) is 11.4 Å². The molecular weight excluding hydrogens is 358 g/mol. The Morgan fingerprint density at radius 1 is 0.815 bits per heavy atom. The van der Waals surface area contributed by atoms with E-state index in [0.29, 0.717) is 12.1 Å². The van der Waals surface area contributed by atoms with Crippen LogP contribution in [0.25, 0.3) is 10.9 Å². The van der Waals surface area contributed by atoms with Gasteiger partial charge in [0.05, 0.1) is 10.4 Å². The second-order valence-corrected chi connectivity index (χ2v) is 7.98. The summed E-state index contributed by atoms with van der Waals surface area (Å²) in [5.74, 6) is 0. The van der Waals surface area contributed by atoms with Gasteiger partial charge in [-0.2, -0.15) is 0 Å². The molecule has 1 heterocycles. The summed E-state index contributed by atoms with van der Waals surface area (Å²) in [5.41, 5.74) is 9.02. The minimum absolute atomic E-state index is 0.278. The van der Waals surface area contributed by atoms with E-state index in [-0.39, 0.29) is 4.90 Å². The van der Waals surface area contributed by atoms with Crippen molar-refractivity contribution in [2.24, 2.45) is 0 Å². The third-order valence-corrected chi connectivity index (χ3v) is 6.02. The van der Waals surface area contributed by atoms with Crippen molar-refractivity contribution < 1.29 is 8.42 Å². The van der Waals surface area contributed by atoms with Crippen LogP contribution in [0, 0.1) is 0 Å². The Morgan fingerprint density at radius 3 is 2.26 bits per heavy atom. The van der Waals surface area contributed by atoms with Gasteiger partial charge >= 0.3 is 0 Å². The van der Waals surface area contributed by atoms with Crippen LogP contribution in [0.5, 0.6) is 0 Å². The van der Waals surface area contributed by atoms with E-state index >= 15 is 0 Å². The van der Waals surface area contributed by atoms with Crippen LogP contribution >= 0.6 is 0 Å². The second-order valence-electron chi connectivity index (χ2n) is 6.17. The van der Waals surface area contributed by atoms with Gasteiger partial charge in [0.1, 0.15) is 0 Å². The zero-order chi connectivity index (χ0) is 18.7. The standard InChI is InChI=1S/C21H19N3O2S/c25-27(26,20-9-5-2-6-10-20)24-14-13-18-15-17(11-12-21(18)24)16-22-23-19-7-3-1-4-8-19/h1-15,22-23H,16H2. The first-order valence-electron chi connectivity index (χ1n) is 8.59. The number of anilines is 1. The van der Waals surface area contributed by atoms with E-state index in [9.17, 15) is 8.42 Å². The number of hydrazine groups is 1. The van der Waals surface area contributed by atoms with Crippen molar-refractivity contribution >= 4 is 26.6 Å². The Labute approximate surface area is 158 Å². The van der Waals surface area contributed by atoms with Crippen molar-refractivity contribution in [2.75, 3.05) is 5.43 Å². The third-order valence-electron chi connectivity index (χ3n) is 4.32. The molecule has 0 saturated carbocycles. The molecular formula is C21H19N3O2S. The van der Waals surface area contributed by atoms with Crippen molar-refractivity contribution in [1.29, 1.82) is 0 Å². The van der Waals surface area contributed by atoms with Crippen LogP contribution in [0.1, 0.15) is 5.56 Å². The van der Waals surface area contributed by atoms with Gasteiger partial charge in [0.2, 0.25) is 0 Å². The molecule has 1 aromatic heterocycles. The van der Waals surface area contributed by atoms with Crippen LogP contribution in [0.2, 0.25) is 0 Å². The average Bonchev–Trinajstić information content (AvgIpc) is 3.14. The van der Waals surface area contributed by atoms with Crippen molar-refractivity contribution in [3.63, 3.8) is 0 Å². The Kier molecular flexibility index (Phi) is 4.66. The minimum atomic E-state index is -3.60. The average molecular weight is 377 g/mol. The van der Waals surface area contributed by atoms with Crippen molar-refractivity contribution in [3.8, 4) is 0 Å². The highest BCUT2D eigenvalue weighted by Crippen LogP contribution is 2.23. The van der Waals surface area contributed by atoms with Crippen LogP contribution in [-0.4, -0.2) is 12.4 Å². The molecule has 0 saturated heterocycles. The van der Waals surface area contributed by atoms with E-state index in [1.165, 1.54) is 3.97 Å². The number of rotatable bonds is 6. The summed E-state index contributed by atoms with van der Waals surface area (Å²) in [6, 6.07) is 25.9. The highest BCUT2D eigenvalue weighted by molar-refractivity contribution is 7.90. The summed E-state index contributed by atoms with van der Waals surface area (Å²) in [6.07, 6.45) is 1.60. The lowest BCUT2D eigenvalue weighted by atomic mass is 10.1. The quantitative estimate of drug-likeness (QED) is 0.499. The fraction of sp³-hybridized carbons (Fsp3) is 0.0476. The maximum Gasteiger partial charge on any atom is 0.268 e. The molecule has 0 amide bonds. The van der Waals surface area contributed by atoms with E-state index in [4.69, 9.17) is 0 Å². The molecule has 5 nitrogen and oxygen atoms in total. The van der Waals surface area contributed by atoms with Crippen LogP contribution in [-0.2, 0) is 16.6 Å². The third kappa shape index (κ3) is 3.58. The van der Waals surface area contributed by atoms with Gasteiger partial charge < -0.3 is 5.43 Å². The molecule has 136 valence electrons. The molecule has 0 aliphatic carbocycles. The van der Waals surface area contributed by atoms with Gasteiger partial charge in [-0.15, -0.1) is 0 Å². The van der Waals surface area contributed by atoms with Gasteiger partial charge in [0.15, 0.2) is 0 Å². The number of aromatic nitrogens is 1. The van der Waals surface area contributed by atoms with Gasteiger partial charge in [-0.3, -0.25) is 0 Å². The Morgan fingerprint density at radius 2 is 1.52 bits per heavy atom. The fourth-order valence-electron chi connectivity index (χ4n) is 2.96. The number of nitrogens with zero attached hydrogens (tertiary/aromatic N) is 1. The largest absolute Gasteiger partial charge is 0.321 e. The van der Waals surface area contributed by atoms with Crippen molar-refractivity contribution in [1.82, 2.24) is 9.40 Å². The zero-order valence-corrected chi connectivity index (χ0v) is 15.4. The zero-order valence-electron chi connectivity index (χ0n) is 14.5. The number of hydrogen-bond acceptors (Lipinski definition) is 4. The molecule has 0 atom stereocenters. The van der Waals surface area contributed by atoms with E-state index in [1.54, 1.807) is 36.5 Å². The lowest BCUT2D eigenvalue weighted by Crippen LogP contribution is -2.20. The summed E-state index contributed by atoms with van der Waals surface area (Å²) in [7, 11) is -3.60. The van der Waals surface area contributed by atoms with Gasteiger partial charge in [0.25, 0.3) is 10.0 Å². The molecule has 0 fully saturated rings. The van der Waals surface area contributed by atoms with Crippen LogP contribution < -0.4 is 10.9 Å². The maximum atomic E-state index is 12.9. The van der Waals surface area contributed by atoms with Crippen LogP contribution in [0.4, 0.5) is 5.69 Å². The van der Waals surface area contributed by atoms with Gasteiger partial charge in [-0.1, -0.05) is 42.5 Å². The smallest absolute Gasteiger partial charge is 0.268 e. The monoisotopic (exact) mass is 377 g/mol. The van der Waals surface area contributed by atoms with E-state index < -0.39 is 10.0 Å². The first kappa shape index (κ1) is 17.3. The molecule has 0 radical (unpaired) electrons. The summed E-state index contributed by atoms with van der Waals surface area (Å²) < 4.78 is 27.1. The number of fused-ring (bicyclic) bond motifs is 1. The van der Waals surface area contributed by atoms with Crippen LogP contribution in [0.3, 0.4) is 0 Å². The number of hydrogen-bond donors (Lipinski definition) is 2. The van der Waals surface area contributed by atoms with Crippen molar-refractivity contribution in [3.05, 3.63) is 96.7 Å². The number of nitrogens with one attached hydrogen (secondary N) is 2. The summed E-state index contributed by atoms with van der Waals surface area (Å²) in [6.45, 7) is 0.613. The summed E-state index contributed by atoms with van der Waals surface area (Å²) in [4.78, 5) is 0.278. The molecule has 0 unspecified atom stereocenters. The topological polar surface area (TPSA) is 63.1 Å². The number of para-hydroxylation sites is 1. The van der Waals surface area contributed by atoms with E-state index in [2.05, 4.69) is 10.9 Å². The van der Waals surface area contributed by atoms with E-state index in [0.717, 1.165) is 16.6 Å². The highest BCUT2D eigenvalue weighted by atomic mass is 32.2. The molecule has 0 bridgehead atoms. The first-order valence-corrected chi connectivity index (χ1v) is 10.0. The number of benzene rings is 3. The summed E-state index contributed by atoms with van der Waals surface area (Å²) in [5, 5.41) is 0.883. The second kappa shape index (κ2) is 7.26. The Hall–Kier alpha value is -3.09. The fourth-order valence-corrected chi connectivity index (χ4v) is 4.34. The molecule has 0 spiro atoms. The van der Waals surface area contributed by atoms with Gasteiger partial charge in [-0.05, 0) is 48.0 Å². The van der Waals surface area contributed by atoms with Crippen LogP contribution in [0.15, 0.2) is 96.0 Å². The molecule has 0 aliphatic heterocycles.